The van der Waals surface area contributed by atoms with Gasteiger partial charge in [0.25, 0.3) is 11.7 Å². The van der Waals surface area contributed by atoms with Crippen LogP contribution in [0.4, 0.5) is 11.4 Å². The summed E-state index contributed by atoms with van der Waals surface area (Å²) in [6.45, 7) is 1.98. The molecule has 184 valence electrons. The lowest BCUT2D eigenvalue weighted by Crippen LogP contribution is -2.29. The average Bonchev–Trinajstić information content (AvgIpc) is 3.52. The fraction of sp³-hybridized carbons (Fsp3) is 0.214. The molecule has 2 N–H and O–H groups in total. The summed E-state index contributed by atoms with van der Waals surface area (Å²) in [7, 11) is 1.45. The van der Waals surface area contributed by atoms with E-state index in [1.165, 1.54) is 30.2 Å². The molecular formula is C28H25ClN2O5. The van der Waals surface area contributed by atoms with Gasteiger partial charge in [0, 0.05) is 30.0 Å². The molecule has 2 heterocycles. The van der Waals surface area contributed by atoms with Crippen molar-refractivity contribution < 1.29 is 24.5 Å². The highest BCUT2D eigenvalue weighted by Gasteiger charge is 2.47. The number of ether oxygens (including phenoxy) is 1. The van der Waals surface area contributed by atoms with Crippen LogP contribution in [0.25, 0.3) is 5.76 Å². The van der Waals surface area contributed by atoms with Crippen molar-refractivity contribution >= 4 is 40.4 Å². The van der Waals surface area contributed by atoms with E-state index < -0.39 is 17.7 Å². The summed E-state index contributed by atoms with van der Waals surface area (Å²) in [5.74, 6) is -1.51. The molecule has 5 rings (SSSR count). The molecule has 3 aromatic rings. The monoisotopic (exact) mass is 504 g/mol. The molecule has 8 heteroatoms. The third-order valence-electron chi connectivity index (χ3n) is 6.68. The van der Waals surface area contributed by atoms with E-state index in [-0.39, 0.29) is 17.1 Å². The second-order valence-corrected chi connectivity index (χ2v) is 9.23. The normalized spacial score (nSPS) is 19.2. The zero-order valence-corrected chi connectivity index (χ0v) is 20.4. The number of aromatic hydroxyl groups is 1. The number of halogens is 1. The number of hydrogen-bond acceptors (Lipinski definition) is 6. The zero-order chi connectivity index (χ0) is 25.4. The molecule has 0 aromatic heterocycles. The number of amides is 1. The first-order valence-corrected chi connectivity index (χ1v) is 12.1. The molecule has 7 nitrogen and oxygen atoms in total. The summed E-state index contributed by atoms with van der Waals surface area (Å²) in [5.41, 5.74) is 2.40. The first-order chi connectivity index (χ1) is 17.4. The van der Waals surface area contributed by atoms with E-state index >= 15 is 0 Å². The molecule has 0 aliphatic carbocycles. The van der Waals surface area contributed by atoms with Crippen LogP contribution in [0, 0.1) is 0 Å². The predicted octanol–water partition coefficient (Wildman–Crippen LogP) is 5.28. The number of carbonyl (C=O) groups excluding carboxylic acids is 2. The minimum absolute atomic E-state index is 0.0492. The number of Topliss-reactive ketones (excluding diaryl/α,β-unsaturated/α-hetero) is 1. The van der Waals surface area contributed by atoms with Gasteiger partial charge < -0.3 is 19.8 Å². The van der Waals surface area contributed by atoms with Crippen molar-refractivity contribution in [3.63, 3.8) is 0 Å². The number of phenolic OH excluding ortho intramolecular Hbond substituents is 1. The Morgan fingerprint density at radius 3 is 2.22 bits per heavy atom. The van der Waals surface area contributed by atoms with E-state index in [4.69, 9.17) is 16.3 Å². The fourth-order valence-electron chi connectivity index (χ4n) is 4.83. The molecule has 1 amide bonds. The van der Waals surface area contributed by atoms with Crippen LogP contribution in [0.3, 0.4) is 0 Å². The highest BCUT2D eigenvalue weighted by Crippen LogP contribution is 2.43. The van der Waals surface area contributed by atoms with Gasteiger partial charge in [0.05, 0.1) is 23.7 Å². The molecule has 36 heavy (non-hydrogen) atoms. The van der Waals surface area contributed by atoms with Gasteiger partial charge in [-0.2, -0.15) is 0 Å². The van der Waals surface area contributed by atoms with Crippen LogP contribution < -0.4 is 14.5 Å². The lowest BCUT2D eigenvalue weighted by atomic mass is 9.95. The Kier molecular flexibility index (Phi) is 6.33. The number of phenols is 1. The average molecular weight is 505 g/mol. The number of nitrogens with zero attached hydrogens (tertiary/aromatic N) is 2. The molecule has 0 spiro atoms. The Morgan fingerprint density at radius 1 is 0.944 bits per heavy atom. The smallest absolute Gasteiger partial charge is 0.300 e. The summed E-state index contributed by atoms with van der Waals surface area (Å²) in [5, 5.41) is 21.5. The number of anilines is 2. The van der Waals surface area contributed by atoms with E-state index in [1.54, 1.807) is 24.3 Å². The lowest BCUT2D eigenvalue weighted by molar-refractivity contribution is -0.132. The number of ketones is 1. The van der Waals surface area contributed by atoms with Crippen molar-refractivity contribution in [2.24, 2.45) is 0 Å². The predicted molar refractivity (Wildman–Crippen MR) is 139 cm³/mol. The molecule has 2 aliphatic heterocycles. The highest BCUT2D eigenvalue weighted by atomic mass is 35.5. The van der Waals surface area contributed by atoms with Gasteiger partial charge in [0.2, 0.25) is 0 Å². The van der Waals surface area contributed by atoms with Crippen molar-refractivity contribution in [1.29, 1.82) is 0 Å². The molecule has 2 fully saturated rings. The molecule has 3 aromatic carbocycles. The first kappa shape index (κ1) is 23.8. The number of aliphatic hydroxyl groups excluding tert-OH is 1. The summed E-state index contributed by atoms with van der Waals surface area (Å²) in [6.07, 6.45) is 2.29. The molecule has 0 radical (unpaired) electrons. The van der Waals surface area contributed by atoms with E-state index in [9.17, 15) is 19.8 Å². The largest absolute Gasteiger partial charge is 0.508 e. The van der Waals surface area contributed by atoms with Crippen LogP contribution in [-0.4, -0.2) is 42.1 Å². The number of benzene rings is 3. The Bertz CT molecular complexity index is 1350. The molecule has 0 saturated carbocycles. The molecule has 1 atom stereocenters. The Morgan fingerprint density at radius 2 is 1.58 bits per heavy atom. The standard InChI is InChI=1S/C28H25ClN2O5/c1-36-23-16-18(6-13-22(23)29)26(33)24-25(17-4-11-21(32)12-5-17)31(28(35)27(24)34)20-9-7-19(8-10-20)30-14-2-3-15-30/h4-13,16,25,32-33H,2-3,14-15H2,1H3/b26-24-. The van der Waals surface area contributed by atoms with Crippen LogP contribution in [0.5, 0.6) is 11.5 Å². The molecule has 1 unspecified atom stereocenters. The quantitative estimate of drug-likeness (QED) is 0.279. The van der Waals surface area contributed by atoms with Gasteiger partial charge in [-0.3, -0.25) is 14.5 Å². The highest BCUT2D eigenvalue weighted by molar-refractivity contribution is 6.51. The summed E-state index contributed by atoms with van der Waals surface area (Å²) >= 11 is 6.14. The maximum absolute atomic E-state index is 13.3. The van der Waals surface area contributed by atoms with Gasteiger partial charge in [-0.05, 0) is 73.0 Å². The maximum atomic E-state index is 13.3. The molecule has 0 bridgehead atoms. The van der Waals surface area contributed by atoms with Gasteiger partial charge in [-0.25, -0.2) is 0 Å². The molecular weight excluding hydrogens is 480 g/mol. The van der Waals surface area contributed by atoms with Crippen LogP contribution in [-0.2, 0) is 9.59 Å². The summed E-state index contributed by atoms with van der Waals surface area (Å²) < 4.78 is 5.26. The number of aliphatic hydroxyl groups is 1. The van der Waals surface area contributed by atoms with Gasteiger partial charge in [-0.15, -0.1) is 0 Å². The molecule has 2 saturated heterocycles. The Labute approximate surface area is 213 Å². The number of carbonyl (C=O) groups is 2. The van der Waals surface area contributed by atoms with Crippen molar-refractivity contribution in [2.75, 3.05) is 30.0 Å². The van der Waals surface area contributed by atoms with Crippen molar-refractivity contribution in [2.45, 2.75) is 18.9 Å². The minimum Gasteiger partial charge on any atom is -0.508 e. The summed E-state index contributed by atoms with van der Waals surface area (Å²) in [6, 6.07) is 17.5. The number of rotatable bonds is 5. The van der Waals surface area contributed by atoms with Crippen LogP contribution in [0.15, 0.2) is 72.3 Å². The van der Waals surface area contributed by atoms with Crippen LogP contribution in [0.1, 0.15) is 30.0 Å². The second-order valence-electron chi connectivity index (χ2n) is 8.82. The molecule has 2 aliphatic rings. The number of hydrogen-bond donors (Lipinski definition) is 2. The van der Waals surface area contributed by atoms with Crippen LogP contribution >= 0.6 is 11.6 Å². The third-order valence-corrected chi connectivity index (χ3v) is 6.99. The van der Waals surface area contributed by atoms with Crippen molar-refractivity contribution in [1.82, 2.24) is 0 Å². The van der Waals surface area contributed by atoms with Gasteiger partial charge in [-0.1, -0.05) is 23.7 Å². The Hall–Kier alpha value is -3.97. The SMILES string of the molecule is COc1cc(/C(O)=C2/C(=O)C(=O)N(c3ccc(N4CCCC4)cc3)C2c2ccc(O)cc2)ccc1Cl. The lowest BCUT2D eigenvalue weighted by Gasteiger charge is -2.26. The second kappa shape index (κ2) is 9.59. The first-order valence-electron chi connectivity index (χ1n) is 11.7. The van der Waals surface area contributed by atoms with Crippen LogP contribution in [0.2, 0.25) is 5.02 Å². The van der Waals surface area contributed by atoms with Crippen molar-refractivity contribution in [3.05, 3.63) is 88.5 Å². The third kappa shape index (κ3) is 4.16. The van der Waals surface area contributed by atoms with Crippen molar-refractivity contribution in [3.8, 4) is 11.5 Å². The number of methoxy groups -OCH3 is 1. The minimum atomic E-state index is -0.898. The Balaban J connectivity index is 1.63. The van der Waals surface area contributed by atoms with E-state index in [2.05, 4.69) is 4.90 Å². The topological polar surface area (TPSA) is 90.3 Å². The fourth-order valence-corrected chi connectivity index (χ4v) is 5.03. The van der Waals surface area contributed by atoms with Gasteiger partial charge in [0.15, 0.2) is 0 Å². The van der Waals surface area contributed by atoms with E-state index in [0.717, 1.165) is 31.6 Å². The van der Waals surface area contributed by atoms with Gasteiger partial charge in [0.1, 0.15) is 17.3 Å². The van der Waals surface area contributed by atoms with E-state index in [1.807, 2.05) is 24.3 Å². The van der Waals surface area contributed by atoms with Gasteiger partial charge >= 0.3 is 0 Å². The maximum Gasteiger partial charge on any atom is 0.300 e. The summed E-state index contributed by atoms with van der Waals surface area (Å²) in [4.78, 5) is 30.3. The zero-order valence-electron chi connectivity index (χ0n) is 19.6. The van der Waals surface area contributed by atoms with E-state index in [0.29, 0.717) is 27.6 Å².